The highest BCUT2D eigenvalue weighted by atomic mass is 79.9. The molecule has 0 fully saturated rings. The van der Waals surface area contributed by atoms with Gasteiger partial charge < -0.3 is 4.74 Å². The third-order valence-electron chi connectivity index (χ3n) is 1.73. The summed E-state index contributed by atoms with van der Waals surface area (Å²) in [6.07, 6.45) is 1.85. The van der Waals surface area contributed by atoms with Gasteiger partial charge in [-0.05, 0) is 12.1 Å². The third kappa shape index (κ3) is 1.57. The van der Waals surface area contributed by atoms with Gasteiger partial charge in [0.1, 0.15) is 5.69 Å². The van der Waals surface area contributed by atoms with Gasteiger partial charge in [0.2, 0.25) is 0 Å². The fraction of sp³-hybridized carbons (Fsp3) is 0.250. The lowest BCUT2D eigenvalue weighted by Gasteiger charge is -1.95. The van der Waals surface area contributed by atoms with Gasteiger partial charge in [-0.1, -0.05) is 21.1 Å². The van der Waals surface area contributed by atoms with Gasteiger partial charge in [0.15, 0.2) is 0 Å². The van der Waals surface area contributed by atoms with Crippen LogP contribution in [0.5, 0.6) is 0 Å². The van der Waals surface area contributed by atoms with E-state index in [1.54, 1.807) is 11.6 Å². The molecule has 2 aromatic heterocycles. The summed E-state index contributed by atoms with van der Waals surface area (Å²) >= 11 is 3.39. The maximum Gasteiger partial charge on any atom is 0.116 e. The Labute approximate surface area is 83.6 Å². The van der Waals surface area contributed by atoms with Crippen LogP contribution in [0.4, 0.5) is 0 Å². The lowest BCUT2D eigenvalue weighted by Crippen LogP contribution is -1.89. The van der Waals surface area contributed by atoms with E-state index in [0.717, 1.165) is 15.7 Å². The molecule has 68 valence electrons. The van der Waals surface area contributed by atoms with E-state index >= 15 is 0 Å². The van der Waals surface area contributed by atoms with Crippen molar-refractivity contribution in [1.29, 1.82) is 0 Å². The van der Waals surface area contributed by atoms with Crippen LogP contribution in [0.2, 0.25) is 0 Å². The van der Waals surface area contributed by atoms with Crippen LogP contribution >= 0.6 is 15.9 Å². The monoisotopic (exact) mass is 241 g/mol. The molecule has 0 saturated carbocycles. The van der Waals surface area contributed by atoms with E-state index in [0.29, 0.717) is 6.61 Å². The Morgan fingerprint density at radius 2 is 2.46 bits per heavy atom. The lowest BCUT2D eigenvalue weighted by atomic mass is 10.3. The van der Waals surface area contributed by atoms with Gasteiger partial charge in [-0.3, -0.25) is 0 Å². The molecular weight excluding hydrogens is 234 g/mol. The first-order chi connectivity index (χ1) is 6.31. The average molecular weight is 242 g/mol. The minimum atomic E-state index is 0.486. The van der Waals surface area contributed by atoms with Gasteiger partial charge in [0, 0.05) is 17.8 Å². The van der Waals surface area contributed by atoms with E-state index in [4.69, 9.17) is 4.74 Å². The number of aromatic nitrogens is 3. The molecule has 13 heavy (non-hydrogen) atoms. The van der Waals surface area contributed by atoms with Gasteiger partial charge in [0.05, 0.1) is 12.1 Å². The van der Waals surface area contributed by atoms with Crippen LogP contribution in [0.25, 0.3) is 5.52 Å². The molecule has 4 nitrogen and oxygen atoms in total. The van der Waals surface area contributed by atoms with Crippen molar-refractivity contribution < 1.29 is 4.74 Å². The molecule has 2 heterocycles. The first-order valence-electron chi connectivity index (χ1n) is 3.79. The standard InChI is InChI=1S/C8H8BrN3O/c1-13-5-7-8-4-6(9)2-3-12(8)11-10-7/h2-4H,5H2,1H3. The summed E-state index contributed by atoms with van der Waals surface area (Å²) in [5.41, 5.74) is 1.82. The maximum atomic E-state index is 5.00. The second-order valence-corrected chi connectivity index (χ2v) is 3.56. The summed E-state index contributed by atoms with van der Waals surface area (Å²) in [5.74, 6) is 0. The third-order valence-corrected chi connectivity index (χ3v) is 2.23. The van der Waals surface area contributed by atoms with Crippen molar-refractivity contribution in [2.24, 2.45) is 0 Å². The van der Waals surface area contributed by atoms with Crippen LogP contribution in [0, 0.1) is 0 Å². The normalized spacial score (nSPS) is 10.9. The average Bonchev–Trinajstić information content (AvgIpc) is 2.49. The topological polar surface area (TPSA) is 39.4 Å². The van der Waals surface area contributed by atoms with Crippen LogP contribution < -0.4 is 0 Å². The van der Waals surface area contributed by atoms with E-state index in [2.05, 4.69) is 26.2 Å². The summed E-state index contributed by atoms with van der Waals surface area (Å²) in [6.45, 7) is 0.486. The minimum absolute atomic E-state index is 0.486. The first kappa shape index (κ1) is 8.65. The first-order valence-corrected chi connectivity index (χ1v) is 4.59. The molecule has 2 rings (SSSR count). The zero-order valence-corrected chi connectivity index (χ0v) is 8.65. The zero-order valence-electron chi connectivity index (χ0n) is 7.07. The van der Waals surface area contributed by atoms with Crippen LogP contribution in [0.15, 0.2) is 22.8 Å². The molecular formula is C8H8BrN3O. The molecule has 0 saturated heterocycles. The van der Waals surface area contributed by atoms with Crippen molar-refractivity contribution in [3.63, 3.8) is 0 Å². The number of hydrogen-bond acceptors (Lipinski definition) is 3. The summed E-state index contributed by atoms with van der Waals surface area (Å²) in [4.78, 5) is 0. The zero-order chi connectivity index (χ0) is 9.26. The van der Waals surface area contributed by atoms with Gasteiger partial charge in [-0.25, -0.2) is 4.52 Å². The van der Waals surface area contributed by atoms with Crippen molar-refractivity contribution in [2.45, 2.75) is 6.61 Å². The van der Waals surface area contributed by atoms with Gasteiger partial charge >= 0.3 is 0 Å². The Balaban J connectivity index is 2.58. The predicted molar refractivity (Wildman–Crippen MR) is 51.4 cm³/mol. The van der Waals surface area contributed by atoms with Crippen molar-refractivity contribution in [3.8, 4) is 0 Å². The summed E-state index contributed by atoms with van der Waals surface area (Å²) in [7, 11) is 1.64. The van der Waals surface area contributed by atoms with Crippen LogP contribution in [-0.4, -0.2) is 21.9 Å². The van der Waals surface area contributed by atoms with Gasteiger partial charge in [0.25, 0.3) is 0 Å². The van der Waals surface area contributed by atoms with Crippen LogP contribution in [0.1, 0.15) is 5.69 Å². The fourth-order valence-electron chi connectivity index (χ4n) is 1.15. The SMILES string of the molecule is COCc1nnn2ccc(Br)cc12. The summed E-state index contributed by atoms with van der Waals surface area (Å²) < 4.78 is 7.74. The van der Waals surface area contributed by atoms with E-state index < -0.39 is 0 Å². The van der Waals surface area contributed by atoms with Crippen LogP contribution in [-0.2, 0) is 11.3 Å². The Morgan fingerprint density at radius 1 is 1.62 bits per heavy atom. The number of halogens is 1. The van der Waals surface area contributed by atoms with Crippen molar-refractivity contribution in [1.82, 2.24) is 14.8 Å². The number of ether oxygens (including phenoxy) is 1. The van der Waals surface area contributed by atoms with Gasteiger partial charge in [-0.2, -0.15) is 0 Å². The quantitative estimate of drug-likeness (QED) is 0.803. The Morgan fingerprint density at radius 3 is 3.23 bits per heavy atom. The van der Waals surface area contributed by atoms with E-state index in [9.17, 15) is 0 Å². The molecule has 0 atom stereocenters. The van der Waals surface area contributed by atoms with Crippen molar-refractivity contribution >= 4 is 21.4 Å². The fourth-order valence-corrected chi connectivity index (χ4v) is 1.49. The minimum Gasteiger partial charge on any atom is -0.378 e. The van der Waals surface area contributed by atoms with E-state index in [1.165, 1.54) is 0 Å². The molecule has 0 aliphatic rings. The van der Waals surface area contributed by atoms with E-state index in [-0.39, 0.29) is 0 Å². The molecule has 0 radical (unpaired) electrons. The molecule has 0 spiro atoms. The highest BCUT2D eigenvalue weighted by Crippen LogP contribution is 2.15. The smallest absolute Gasteiger partial charge is 0.116 e. The Kier molecular flexibility index (Phi) is 2.28. The molecule has 2 aromatic rings. The van der Waals surface area contributed by atoms with Gasteiger partial charge in [-0.15, -0.1) is 5.10 Å². The largest absolute Gasteiger partial charge is 0.378 e. The highest BCUT2D eigenvalue weighted by Gasteiger charge is 2.04. The lowest BCUT2D eigenvalue weighted by molar-refractivity contribution is 0.182. The number of hydrogen-bond donors (Lipinski definition) is 0. The predicted octanol–water partition coefficient (Wildman–Crippen LogP) is 1.64. The number of nitrogens with zero attached hydrogens (tertiary/aromatic N) is 3. The highest BCUT2D eigenvalue weighted by molar-refractivity contribution is 9.10. The summed E-state index contributed by atoms with van der Waals surface area (Å²) in [5, 5.41) is 7.94. The van der Waals surface area contributed by atoms with Crippen molar-refractivity contribution in [3.05, 3.63) is 28.5 Å². The van der Waals surface area contributed by atoms with Crippen molar-refractivity contribution in [2.75, 3.05) is 7.11 Å². The maximum absolute atomic E-state index is 5.00. The molecule has 0 unspecified atom stereocenters. The summed E-state index contributed by atoms with van der Waals surface area (Å²) in [6, 6.07) is 3.88. The Bertz CT molecular complexity index is 426. The molecule has 5 heteroatoms. The van der Waals surface area contributed by atoms with Crippen LogP contribution in [0.3, 0.4) is 0 Å². The molecule has 0 aromatic carbocycles. The number of methoxy groups -OCH3 is 1. The molecule has 0 aliphatic heterocycles. The molecule has 0 aliphatic carbocycles. The molecule has 0 N–H and O–H groups in total. The number of rotatable bonds is 2. The molecule has 0 amide bonds. The number of fused-ring (bicyclic) bond motifs is 1. The Hall–Kier alpha value is -0.940. The molecule has 0 bridgehead atoms. The van der Waals surface area contributed by atoms with E-state index in [1.807, 2.05) is 18.3 Å². The second-order valence-electron chi connectivity index (χ2n) is 2.64. The number of pyridine rings is 1. The second kappa shape index (κ2) is 3.43.